The predicted molar refractivity (Wildman–Crippen MR) is 83.5 cm³/mol. The van der Waals surface area contributed by atoms with Gasteiger partial charge in [0.1, 0.15) is 0 Å². The van der Waals surface area contributed by atoms with E-state index in [-0.39, 0.29) is 11.9 Å². The highest BCUT2D eigenvalue weighted by molar-refractivity contribution is 5.82. The number of carbonyl (C=O) groups is 1. The van der Waals surface area contributed by atoms with Crippen molar-refractivity contribution in [1.82, 2.24) is 20.4 Å². The molecule has 2 aliphatic rings. The van der Waals surface area contributed by atoms with Gasteiger partial charge in [-0.15, -0.1) is 0 Å². The van der Waals surface area contributed by atoms with Crippen molar-refractivity contribution >= 4 is 5.91 Å². The largest absolute Gasteiger partial charge is 0.358 e. The lowest BCUT2D eigenvalue weighted by Crippen LogP contribution is -2.49. The van der Waals surface area contributed by atoms with Gasteiger partial charge in [-0.1, -0.05) is 29.4 Å². The Hall–Kier alpha value is -2.21. The van der Waals surface area contributed by atoms with Crippen LogP contribution in [0, 0.1) is 0 Å². The first kappa shape index (κ1) is 14.4. The van der Waals surface area contributed by atoms with E-state index in [4.69, 9.17) is 4.52 Å². The molecule has 0 spiro atoms. The zero-order valence-corrected chi connectivity index (χ0v) is 13.2. The molecular weight excluding hydrogens is 292 g/mol. The SMILES string of the molecule is CNC(=O)C1Cc2ccccc2CN1Cc1nc(C2CC2)no1. The summed E-state index contributed by atoms with van der Waals surface area (Å²) in [5.41, 5.74) is 2.50. The molecular formula is C17H20N4O2. The van der Waals surface area contributed by atoms with Crippen LogP contribution < -0.4 is 5.32 Å². The van der Waals surface area contributed by atoms with Gasteiger partial charge in [-0.2, -0.15) is 4.98 Å². The summed E-state index contributed by atoms with van der Waals surface area (Å²) in [6.07, 6.45) is 3.01. The fraction of sp³-hybridized carbons (Fsp3) is 0.471. The van der Waals surface area contributed by atoms with Crippen LogP contribution in [0.3, 0.4) is 0 Å². The summed E-state index contributed by atoms with van der Waals surface area (Å²) in [5.74, 6) is 1.92. The summed E-state index contributed by atoms with van der Waals surface area (Å²) in [5, 5.41) is 6.83. The second-order valence-corrected chi connectivity index (χ2v) is 6.33. The molecule has 1 unspecified atom stereocenters. The maximum Gasteiger partial charge on any atom is 0.240 e. The van der Waals surface area contributed by atoms with Crippen LogP contribution >= 0.6 is 0 Å². The first-order valence-corrected chi connectivity index (χ1v) is 8.09. The third kappa shape index (κ3) is 2.86. The molecule has 1 fully saturated rings. The van der Waals surface area contributed by atoms with Crippen LogP contribution in [-0.2, 0) is 24.3 Å². The molecule has 0 saturated heterocycles. The molecule has 1 aromatic heterocycles. The normalized spacial score (nSPS) is 21.0. The average molecular weight is 312 g/mol. The summed E-state index contributed by atoms with van der Waals surface area (Å²) >= 11 is 0. The van der Waals surface area contributed by atoms with Crippen molar-refractivity contribution in [3.05, 3.63) is 47.1 Å². The van der Waals surface area contributed by atoms with Gasteiger partial charge in [-0.25, -0.2) is 0 Å². The highest BCUT2D eigenvalue weighted by Gasteiger charge is 2.33. The minimum atomic E-state index is -0.203. The predicted octanol–water partition coefficient (Wildman–Crippen LogP) is 1.62. The Bertz CT molecular complexity index is 723. The Kier molecular flexibility index (Phi) is 3.61. The fourth-order valence-corrected chi connectivity index (χ4v) is 3.18. The molecule has 1 amide bonds. The molecule has 0 radical (unpaired) electrons. The van der Waals surface area contributed by atoms with Crippen molar-refractivity contribution < 1.29 is 9.32 Å². The summed E-state index contributed by atoms with van der Waals surface area (Å²) in [4.78, 5) is 18.9. The lowest BCUT2D eigenvalue weighted by Gasteiger charge is -2.34. The van der Waals surface area contributed by atoms with Gasteiger partial charge in [0, 0.05) is 19.5 Å². The number of carbonyl (C=O) groups excluding carboxylic acids is 1. The first-order valence-electron chi connectivity index (χ1n) is 8.09. The summed E-state index contributed by atoms with van der Waals surface area (Å²) in [7, 11) is 1.68. The number of hydrogen-bond acceptors (Lipinski definition) is 5. The Morgan fingerprint density at radius 2 is 2.13 bits per heavy atom. The van der Waals surface area contributed by atoms with E-state index in [9.17, 15) is 4.79 Å². The fourth-order valence-electron chi connectivity index (χ4n) is 3.18. The van der Waals surface area contributed by atoms with Crippen LogP contribution in [0.15, 0.2) is 28.8 Å². The maximum atomic E-state index is 12.3. The Balaban J connectivity index is 1.57. The molecule has 1 N–H and O–H groups in total. The van der Waals surface area contributed by atoms with E-state index in [1.54, 1.807) is 7.05 Å². The highest BCUT2D eigenvalue weighted by Crippen LogP contribution is 2.38. The van der Waals surface area contributed by atoms with Crippen LogP contribution in [0.2, 0.25) is 0 Å². The van der Waals surface area contributed by atoms with Crippen molar-refractivity contribution in [2.24, 2.45) is 0 Å². The molecule has 0 bridgehead atoms. The van der Waals surface area contributed by atoms with Crippen LogP contribution in [0.4, 0.5) is 0 Å². The van der Waals surface area contributed by atoms with E-state index in [1.165, 1.54) is 11.1 Å². The van der Waals surface area contributed by atoms with Gasteiger partial charge in [0.05, 0.1) is 12.6 Å². The third-order valence-corrected chi connectivity index (χ3v) is 4.66. The van der Waals surface area contributed by atoms with Gasteiger partial charge in [0.25, 0.3) is 0 Å². The van der Waals surface area contributed by atoms with Crippen molar-refractivity contribution in [2.75, 3.05) is 7.05 Å². The van der Waals surface area contributed by atoms with E-state index in [0.717, 1.165) is 25.2 Å². The van der Waals surface area contributed by atoms with Crippen molar-refractivity contribution in [3.63, 3.8) is 0 Å². The Morgan fingerprint density at radius 1 is 1.35 bits per heavy atom. The van der Waals surface area contributed by atoms with Crippen LogP contribution in [0.25, 0.3) is 0 Å². The highest BCUT2D eigenvalue weighted by atomic mass is 16.5. The molecule has 6 heteroatoms. The van der Waals surface area contributed by atoms with E-state index in [2.05, 4.69) is 32.5 Å². The summed E-state index contributed by atoms with van der Waals surface area (Å²) in [6, 6.07) is 8.07. The second kappa shape index (κ2) is 5.77. The molecule has 23 heavy (non-hydrogen) atoms. The number of benzene rings is 1. The van der Waals surface area contributed by atoms with Crippen molar-refractivity contribution in [2.45, 2.75) is 44.3 Å². The van der Waals surface area contributed by atoms with Gasteiger partial charge in [-0.3, -0.25) is 9.69 Å². The smallest absolute Gasteiger partial charge is 0.240 e. The molecule has 4 rings (SSSR count). The van der Waals surface area contributed by atoms with Gasteiger partial charge < -0.3 is 9.84 Å². The maximum absolute atomic E-state index is 12.3. The van der Waals surface area contributed by atoms with Crippen LogP contribution in [0.1, 0.15) is 41.6 Å². The Morgan fingerprint density at radius 3 is 2.87 bits per heavy atom. The van der Waals surface area contributed by atoms with Gasteiger partial charge in [-0.05, 0) is 30.4 Å². The van der Waals surface area contributed by atoms with Gasteiger partial charge in [0.15, 0.2) is 5.82 Å². The molecule has 2 heterocycles. The van der Waals surface area contributed by atoms with E-state index < -0.39 is 0 Å². The summed E-state index contributed by atoms with van der Waals surface area (Å²) < 4.78 is 5.38. The molecule has 1 saturated carbocycles. The topological polar surface area (TPSA) is 71.3 Å². The van der Waals surface area contributed by atoms with Gasteiger partial charge >= 0.3 is 0 Å². The number of nitrogens with zero attached hydrogens (tertiary/aromatic N) is 3. The number of rotatable bonds is 4. The number of hydrogen-bond donors (Lipinski definition) is 1. The summed E-state index contributed by atoms with van der Waals surface area (Å²) in [6.45, 7) is 1.22. The van der Waals surface area contributed by atoms with Crippen molar-refractivity contribution in [1.29, 1.82) is 0 Å². The molecule has 1 aliphatic heterocycles. The lowest BCUT2D eigenvalue weighted by atomic mass is 9.93. The molecule has 1 atom stereocenters. The minimum Gasteiger partial charge on any atom is -0.358 e. The van der Waals surface area contributed by atoms with E-state index in [1.807, 2.05) is 12.1 Å². The second-order valence-electron chi connectivity index (χ2n) is 6.33. The third-order valence-electron chi connectivity index (χ3n) is 4.66. The van der Waals surface area contributed by atoms with Crippen molar-refractivity contribution in [3.8, 4) is 0 Å². The molecule has 1 aromatic carbocycles. The van der Waals surface area contributed by atoms with E-state index in [0.29, 0.717) is 24.8 Å². The monoisotopic (exact) mass is 312 g/mol. The van der Waals surface area contributed by atoms with Crippen LogP contribution in [0.5, 0.6) is 0 Å². The lowest BCUT2D eigenvalue weighted by molar-refractivity contribution is -0.126. The number of nitrogens with one attached hydrogen (secondary N) is 1. The molecule has 1 aliphatic carbocycles. The zero-order valence-electron chi connectivity index (χ0n) is 13.2. The zero-order chi connectivity index (χ0) is 15.8. The minimum absolute atomic E-state index is 0.0291. The van der Waals surface area contributed by atoms with Crippen LogP contribution in [-0.4, -0.2) is 34.0 Å². The first-order chi connectivity index (χ1) is 11.2. The Labute approximate surface area is 134 Å². The molecule has 2 aromatic rings. The quantitative estimate of drug-likeness (QED) is 0.929. The number of amides is 1. The number of aromatic nitrogens is 2. The standard InChI is InChI=1S/C17H20N4O2/c1-18-17(22)14-8-12-4-2-3-5-13(12)9-21(14)10-15-19-16(20-23-15)11-6-7-11/h2-5,11,14H,6-10H2,1H3,(H,18,22). The molecule has 6 nitrogen and oxygen atoms in total. The number of likely N-dealkylation sites (N-methyl/N-ethyl adjacent to an activating group) is 1. The average Bonchev–Trinajstić information content (AvgIpc) is 3.33. The van der Waals surface area contributed by atoms with Gasteiger partial charge in [0.2, 0.25) is 11.8 Å². The molecule has 120 valence electrons. The number of fused-ring (bicyclic) bond motifs is 1. The van der Waals surface area contributed by atoms with E-state index >= 15 is 0 Å².